The number of rotatable bonds is 2. The molecule has 2 N–H and O–H groups in total. The molecule has 3 aromatic rings. The van der Waals surface area contributed by atoms with E-state index in [0.29, 0.717) is 17.5 Å². The number of nitrogens with zero attached hydrogens (tertiary/aromatic N) is 2. The molecular formula is C14H12BrN3O2. The Bertz CT molecular complexity index is 789. The zero-order chi connectivity index (χ0) is 13.7. The van der Waals surface area contributed by atoms with Crippen molar-refractivity contribution in [2.75, 3.05) is 0 Å². The molecule has 0 bridgehead atoms. The Hall–Kier alpha value is -1.66. The molecule has 1 aliphatic carbocycles. The molecule has 5 nitrogen and oxygen atoms in total. The van der Waals surface area contributed by atoms with Gasteiger partial charge in [0.15, 0.2) is 11.6 Å². The predicted octanol–water partition coefficient (Wildman–Crippen LogP) is 3.58. The first kappa shape index (κ1) is 12.1. The Morgan fingerprint density at radius 1 is 1.25 bits per heavy atom. The molecule has 20 heavy (non-hydrogen) atoms. The smallest absolute Gasteiger partial charge is 0.293 e. The number of halogens is 1. The lowest BCUT2D eigenvalue weighted by Crippen LogP contribution is -2.44. The number of furan rings is 1. The van der Waals surface area contributed by atoms with Crippen LogP contribution < -0.4 is 5.73 Å². The second kappa shape index (κ2) is 4.17. The van der Waals surface area contributed by atoms with E-state index >= 15 is 0 Å². The van der Waals surface area contributed by atoms with Crippen molar-refractivity contribution < 1.29 is 8.94 Å². The Morgan fingerprint density at radius 3 is 2.85 bits per heavy atom. The first-order valence-corrected chi connectivity index (χ1v) is 7.26. The standard InChI is InChI=1S/C14H12BrN3O2/c15-9-2-3-10-8(6-9)7-11(19-10)12-17-13(18-20-12)14(16)4-1-5-14/h2-3,6-7H,1,4-5,16H2. The van der Waals surface area contributed by atoms with Gasteiger partial charge in [0, 0.05) is 9.86 Å². The van der Waals surface area contributed by atoms with Gasteiger partial charge in [0.2, 0.25) is 0 Å². The average Bonchev–Trinajstić information content (AvgIpc) is 3.01. The molecule has 0 spiro atoms. The van der Waals surface area contributed by atoms with Gasteiger partial charge in [-0.2, -0.15) is 4.98 Å². The van der Waals surface area contributed by atoms with E-state index in [0.717, 1.165) is 34.7 Å². The predicted molar refractivity (Wildman–Crippen MR) is 76.9 cm³/mol. The van der Waals surface area contributed by atoms with Crippen molar-refractivity contribution in [3.63, 3.8) is 0 Å². The van der Waals surface area contributed by atoms with Crippen LogP contribution >= 0.6 is 15.9 Å². The maximum absolute atomic E-state index is 6.19. The fourth-order valence-corrected chi connectivity index (χ4v) is 2.81. The number of benzene rings is 1. The summed E-state index contributed by atoms with van der Waals surface area (Å²) in [4.78, 5) is 4.38. The van der Waals surface area contributed by atoms with Crippen molar-refractivity contribution in [2.24, 2.45) is 5.73 Å². The molecule has 4 rings (SSSR count). The van der Waals surface area contributed by atoms with Gasteiger partial charge < -0.3 is 14.7 Å². The molecule has 2 heterocycles. The molecule has 0 atom stereocenters. The third-order valence-corrected chi connectivity index (χ3v) is 4.30. The maximum Gasteiger partial charge on any atom is 0.293 e. The zero-order valence-corrected chi connectivity index (χ0v) is 12.2. The second-order valence-electron chi connectivity index (χ2n) is 5.23. The molecule has 1 saturated carbocycles. The van der Waals surface area contributed by atoms with Crippen LogP contribution in [0.15, 0.2) is 37.7 Å². The minimum Gasteiger partial charge on any atom is -0.451 e. The molecule has 2 aromatic heterocycles. The van der Waals surface area contributed by atoms with Crippen LogP contribution in [0.25, 0.3) is 22.6 Å². The van der Waals surface area contributed by atoms with Crippen molar-refractivity contribution in [3.05, 3.63) is 34.6 Å². The van der Waals surface area contributed by atoms with Crippen LogP contribution in [0.3, 0.4) is 0 Å². The summed E-state index contributed by atoms with van der Waals surface area (Å²) in [7, 11) is 0. The van der Waals surface area contributed by atoms with E-state index in [9.17, 15) is 0 Å². The number of hydrogen-bond acceptors (Lipinski definition) is 5. The number of aromatic nitrogens is 2. The molecule has 102 valence electrons. The largest absolute Gasteiger partial charge is 0.451 e. The number of fused-ring (bicyclic) bond motifs is 1. The molecule has 6 heteroatoms. The van der Waals surface area contributed by atoms with Crippen LogP contribution in [-0.2, 0) is 5.54 Å². The lowest BCUT2D eigenvalue weighted by molar-refractivity contribution is 0.229. The summed E-state index contributed by atoms with van der Waals surface area (Å²) in [6.07, 6.45) is 2.91. The van der Waals surface area contributed by atoms with Crippen LogP contribution in [0.4, 0.5) is 0 Å². The molecule has 0 saturated heterocycles. The fourth-order valence-electron chi connectivity index (χ4n) is 2.43. The van der Waals surface area contributed by atoms with Gasteiger partial charge in [0.05, 0.1) is 5.54 Å². The summed E-state index contributed by atoms with van der Waals surface area (Å²) >= 11 is 3.44. The van der Waals surface area contributed by atoms with E-state index in [4.69, 9.17) is 14.7 Å². The van der Waals surface area contributed by atoms with Gasteiger partial charge in [-0.1, -0.05) is 21.1 Å². The Balaban J connectivity index is 1.75. The summed E-state index contributed by atoms with van der Waals surface area (Å²) in [6, 6.07) is 7.70. The lowest BCUT2D eigenvalue weighted by Gasteiger charge is -2.34. The van der Waals surface area contributed by atoms with Gasteiger partial charge in [0.25, 0.3) is 5.89 Å². The van der Waals surface area contributed by atoms with Crippen molar-refractivity contribution in [1.82, 2.24) is 10.1 Å². The minimum atomic E-state index is -0.420. The second-order valence-corrected chi connectivity index (χ2v) is 6.14. The minimum absolute atomic E-state index is 0.379. The quantitative estimate of drug-likeness (QED) is 0.775. The van der Waals surface area contributed by atoms with Gasteiger partial charge in [-0.25, -0.2) is 0 Å². The lowest BCUT2D eigenvalue weighted by atomic mass is 9.77. The van der Waals surface area contributed by atoms with Gasteiger partial charge in [-0.05, 0) is 43.5 Å². The monoisotopic (exact) mass is 333 g/mol. The van der Waals surface area contributed by atoms with Crippen molar-refractivity contribution in [3.8, 4) is 11.7 Å². The van der Waals surface area contributed by atoms with Crippen molar-refractivity contribution in [2.45, 2.75) is 24.8 Å². The highest BCUT2D eigenvalue weighted by Gasteiger charge is 2.39. The van der Waals surface area contributed by atoms with E-state index < -0.39 is 5.54 Å². The van der Waals surface area contributed by atoms with Crippen LogP contribution in [0, 0.1) is 0 Å². The van der Waals surface area contributed by atoms with Gasteiger partial charge >= 0.3 is 0 Å². The molecule has 0 amide bonds. The summed E-state index contributed by atoms with van der Waals surface area (Å²) in [5.74, 6) is 1.52. The topological polar surface area (TPSA) is 78.1 Å². The third kappa shape index (κ3) is 1.79. The van der Waals surface area contributed by atoms with Crippen LogP contribution in [0.2, 0.25) is 0 Å². The summed E-state index contributed by atoms with van der Waals surface area (Å²) < 4.78 is 12.0. The summed E-state index contributed by atoms with van der Waals surface area (Å²) in [5.41, 5.74) is 6.56. The molecule has 1 aromatic carbocycles. The van der Waals surface area contributed by atoms with E-state index in [2.05, 4.69) is 26.1 Å². The van der Waals surface area contributed by atoms with E-state index in [-0.39, 0.29) is 0 Å². The highest BCUT2D eigenvalue weighted by atomic mass is 79.9. The first-order valence-electron chi connectivity index (χ1n) is 6.47. The normalized spacial score (nSPS) is 17.3. The fraction of sp³-hybridized carbons (Fsp3) is 0.286. The average molecular weight is 334 g/mol. The van der Waals surface area contributed by atoms with Gasteiger partial charge in [-0.15, -0.1) is 0 Å². The molecule has 0 aliphatic heterocycles. The highest BCUT2D eigenvalue weighted by Crippen LogP contribution is 2.38. The number of nitrogens with two attached hydrogens (primary N) is 1. The first-order chi connectivity index (χ1) is 9.64. The van der Waals surface area contributed by atoms with E-state index in [1.807, 2.05) is 24.3 Å². The van der Waals surface area contributed by atoms with Crippen LogP contribution in [-0.4, -0.2) is 10.1 Å². The Kier molecular flexibility index (Phi) is 2.52. The zero-order valence-electron chi connectivity index (χ0n) is 10.6. The van der Waals surface area contributed by atoms with Crippen molar-refractivity contribution in [1.29, 1.82) is 0 Å². The highest BCUT2D eigenvalue weighted by molar-refractivity contribution is 9.10. The summed E-state index contributed by atoms with van der Waals surface area (Å²) in [6.45, 7) is 0. The summed E-state index contributed by atoms with van der Waals surface area (Å²) in [5, 5.41) is 4.98. The Labute approximate surface area is 123 Å². The Morgan fingerprint density at radius 2 is 2.10 bits per heavy atom. The van der Waals surface area contributed by atoms with Gasteiger partial charge in [0.1, 0.15) is 5.58 Å². The SMILES string of the molecule is NC1(c2noc(-c3cc4cc(Br)ccc4o3)n2)CCC1. The molecule has 1 fully saturated rings. The number of hydrogen-bond donors (Lipinski definition) is 1. The molecular weight excluding hydrogens is 322 g/mol. The third-order valence-electron chi connectivity index (χ3n) is 3.81. The van der Waals surface area contributed by atoms with Crippen LogP contribution in [0.5, 0.6) is 0 Å². The molecule has 1 aliphatic rings. The van der Waals surface area contributed by atoms with E-state index in [1.54, 1.807) is 0 Å². The van der Waals surface area contributed by atoms with Gasteiger partial charge in [-0.3, -0.25) is 0 Å². The molecule has 0 radical (unpaired) electrons. The van der Waals surface area contributed by atoms with Crippen LogP contribution in [0.1, 0.15) is 25.1 Å². The van der Waals surface area contributed by atoms with E-state index in [1.165, 1.54) is 0 Å². The van der Waals surface area contributed by atoms with Crippen molar-refractivity contribution >= 4 is 26.9 Å². The maximum atomic E-state index is 6.19. The molecule has 0 unspecified atom stereocenters.